The third-order valence-electron chi connectivity index (χ3n) is 5.04. The Hall–Kier alpha value is -1.66. The number of aryl methyl sites for hydroxylation is 2. The minimum atomic E-state index is 0.00383. The highest BCUT2D eigenvalue weighted by Crippen LogP contribution is 2.30. The van der Waals surface area contributed by atoms with E-state index in [1.165, 1.54) is 29.7 Å². The van der Waals surface area contributed by atoms with Gasteiger partial charge in [-0.25, -0.2) is 0 Å². The summed E-state index contributed by atoms with van der Waals surface area (Å²) in [6.07, 6.45) is 10.7. The Kier molecular flexibility index (Phi) is 5.17. The molecule has 0 spiro atoms. The van der Waals surface area contributed by atoms with Crippen molar-refractivity contribution in [3.63, 3.8) is 0 Å². The van der Waals surface area contributed by atoms with Crippen molar-refractivity contribution in [1.29, 1.82) is 0 Å². The molecule has 3 heterocycles. The molecule has 4 rings (SSSR count). The van der Waals surface area contributed by atoms with Crippen LogP contribution < -0.4 is 0 Å². The van der Waals surface area contributed by atoms with Crippen LogP contribution in [-0.2, 0) is 24.1 Å². The molecule has 6 heteroatoms. The van der Waals surface area contributed by atoms with E-state index in [9.17, 15) is 4.79 Å². The highest BCUT2D eigenvalue weighted by Gasteiger charge is 2.26. The van der Waals surface area contributed by atoms with Crippen molar-refractivity contribution in [2.24, 2.45) is 0 Å². The van der Waals surface area contributed by atoms with Gasteiger partial charge in [0.25, 0.3) is 5.91 Å². The molecule has 0 saturated carbocycles. The molecule has 0 radical (unpaired) electrons. The van der Waals surface area contributed by atoms with Crippen LogP contribution in [0.2, 0.25) is 0 Å². The summed E-state index contributed by atoms with van der Waals surface area (Å²) in [4.78, 5) is 17.4. The van der Waals surface area contributed by atoms with Crippen LogP contribution in [0.5, 0.6) is 0 Å². The molecular formula is C19H25N3O2S. The Morgan fingerprint density at radius 2 is 2.20 bits per heavy atom. The van der Waals surface area contributed by atoms with Crippen molar-refractivity contribution in [3.8, 4) is 0 Å². The molecule has 25 heavy (non-hydrogen) atoms. The van der Waals surface area contributed by atoms with E-state index < -0.39 is 0 Å². The molecule has 1 saturated heterocycles. The lowest BCUT2D eigenvalue weighted by atomic mass is 10.1. The molecule has 1 amide bonds. The second-order valence-electron chi connectivity index (χ2n) is 6.95. The Labute approximate surface area is 152 Å². The second kappa shape index (κ2) is 7.70. The number of thiophene rings is 1. The molecule has 0 aromatic carbocycles. The van der Waals surface area contributed by atoms with Gasteiger partial charge in [-0.05, 0) is 49.8 Å². The number of carbonyl (C=O) groups excluding carboxylic acids is 1. The van der Waals surface area contributed by atoms with Gasteiger partial charge < -0.3 is 9.64 Å². The van der Waals surface area contributed by atoms with Gasteiger partial charge in [0.05, 0.1) is 17.5 Å². The number of amides is 1. The van der Waals surface area contributed by atoms with E-state index in [1.807, 2.05) is 21.8 Å². The van der Waals surface area contributed by atoms with Crippen molar-refractivity contribution in [1.82, 2.24) is 14.7 Å². The van der Waals surface area contributed by atoms with E-state index in [1.54, 1.807) is 17.5 Å². The SMILES string of the molecule is O=C(c1cc2c(s1)CCCCC2)N1CCCO[C@H](Cn2cccn2)C1. The maximum Gasteiger partial charge on any atom is 0.264 e. The van der Waals surface area contributed by atoms with Gasteiger partial charge in [-0.3, -0.25) is 9.48 Å². The monoisotopic (exact) mass is 359 g/mol. The molecule has 2 aliphatic rings. The zero-order valence-corrected chi connectivity index (χ0v) is 15.3. The van der Waals surface area contributed by atoms with E-state index in [4.69, 9.17) is 4.74 Å². The highest BCUT2D eigenvalue weighted by atomic mass is 32.1. The Balaban J connectivity index is 1.46. The van der Waals surface area contributed by atoms with Crippen LogP contribution in [-0.4, -0.2) is 46.4 Å². The van der Waals surface area contributed by atoms with E-state index in [2.05, 4.69) is 11.2 Å². The third kappa shape index (κ3) is 3.96. The van der Waals surface area contributed by atoms with Crippen LogP contribution >= 0.6 is 11.3 Å². The molecule has 2 aromatic rings. The van der Waals surface area contributed by atoms with Crippen molar-refractivity contribution in [3.05, 3.63) is 39.8 Å². The second-order valence-corrected chi connectivity index (χ2v) is 8.08. The van der Waals surface area contributed by atoms with E-state index in [0.29, 0.717) is 19.7 Å². The third-order valence-corrected chi connectivity index (χ3v) is 6.27. The largest absolute Gasteiger partial charge is 0.374 e. The molecular weight excluding hydrogens is 334 g/mol. The minimum Gasteiger partial charge on any atom is -0.374 e. The van der Waals surface area contributed by atoms with Crippen LogP contribution in [0.4, 0.5) is 0 Å². The molecule has 0 N–H and O–H groups in total. The van der Waals surface area contributed by atoms with E-state index in [-0.39, 0.29) is 12.0 Å². The predicted octanol–water partition coefficient (Wildman–Crippen LogP) is 3.14. The van der Waals surface area contributed by atoms with Gasteiger partial charge in [-0.15, -0.1) is 11.3 Å². The number of rotatable bonds is 3. The summed E-state index contributed by atoms with van der Waals surface area (Å²) in [6, 6.07) is 4.07. The average Bonchev–Trinajstić information content (AvgIpc) is 3.14. The highest BCUT2D eigenvalue weighted by molar-refractivity contribution is 7.14. The smallest absolute Gasteiger partial charge is 0.264 e. The predicted molar refractivity (Wildman–Crippen MR) is 98.1 cm³/mol. The molecule has 134 valence electrons. The van der Waals surface area contributed by atoms with Gasteiger partial charge in [0.2, 0.25) is 0 Å². The van der Waals surface area contributed by atoms with Crippen LogP contribution in [0.1, 0.15) is 45.8 Å². The van der Waals surface area contributed by atoms with Gasteiger partial charge in [0, 0.05) is 37.0 Å². The molecule has 2 aromatic heterocycles. The summed E-state index contributed by atoms with van der Waals surface area (Å²) in [7, 11) is 0. The van der Waals surface area contributed by atoms with Gasteiger partial charge in [0.1, 0.15) is 0 Å². The zero-order chi connectivity index (χ0) is 17.1. The van der Waals surface area contributed by atoms with Crippen LogP contribution in [0.15, 0.2) is 24.5 Å². The molecule has 1 atom stereocenters. The summed E-state index contributed by atoms with van der Waals surface area (Å²) in [5.41, 5.74) is 1.41. The molecule has 0 unspecified atom stereocenters. The van der Waals surface area contributed by atoms with Crippen molar-refractivity contribution in [2.45, 2.75) is 51.2 Å². The van der Waals surface area contributed by atoms with Gasteiger partial charge >= 0.3 is 0 Å². The van der Waals surface area contributed by atoms with Crippen LogP contribution in [0.25, 0.3) is 0 Å². The normalized spacial score (nSPS) is 21.4. The average molecular weight is 359 g/mol. The molecule has 1 aliphatic heterocycles. The molecule has 1 aliphatic carbocycles. The topological polar surface area (TPSA) is 47.4 Å². The minimum absolute atomic E-state index is 0.00383. The Morgan fingerprint density at radius 1 is 1.28 bits per heavy atom. The molecule has 0 bridgehead atoms. The van der Waals surface area contributed by atoms with Gasteiger partial charge in [0.15, 0.2) is 0 Å². The maximum atomic E-state index is 13.1. The first-order valence-corrected chi connectivity index (χ1v) is 10.1. The lowest BCUT2D eigenvalue weighted by molar-refractivity contribution is 0.0368. The number of aromatic nitrogens is 2. The van der Waals surface area contributed by atoms with Crippen LogP contribution in [0, 0.1) is 0 Å². The summed E-state index contributed by atoms with van der Waals surface area (Å²) in [5, 5.41) is 4.26. The fourth-order valence-corrected chi connectivity index (χ4v) is 4.96. The quantitative estimate of drug-likeness (QED) is 0.791. The van der Waals surface area contributed by atoms with Gasteiger partial charge in [-0.2, -0.15) is 5.10 Å². The zero-order valence-electron chi connectivity index (χ0n) is 14.5. The lowest BCUT2D eigenvalue weighted by Crippen LogP contribution is -2.38. The maximum absolute atomic E-state index is 13.1. The number of hydrogen-bond acceptors (Lipinski definition) is 4. The first-order valence-electron chi connectivity index (χ1n) is 9.29. The Morgan fingerprint density at radius 3 is 3.08 bits per heavy atom. The first-order chi connectivity index (χ1) is 12.3. The standard InChI is InChI=1S/C19H25N3O2S/c23-19(18-12-15-6-2-1-3-7-17(15)25-18)21-9-5-11-24-16(13-21)14-22-10-4-8-20-22/h4,8,10,12,16H,1-3,5-7,9,11,13-14H2/t16-/m0/s1. The van der Waals surface area contributed by atoms with Crippen molar-refractivity contribution >= 4 is 17.2 Å². The number of carbonyl (C=O) groups is 1. The fourth-order valence-electron chi connectivity index (χ4n) is 3.74. The summed E-state index contributed by atoms with van der Waals surface area (Å²) < 4.78 is 7.82. The number of ether oxygens (including phenoxy) is 1. The summed E-state index contributed by atoms with van der Waals surface area (Å²) in [5.74, 6) is 0.175. The summed E-state index contributed by atoms with van der Waals surface area (Å²) >= 11 is 1.71. The number of fused-ring (bicyclic) bond motifs is 1. The summed E-state index contributed by atoms with van der Waals surface area (Å²) in [6.45, 7) is 2.81. The fraction of sp³-hybridized carbons (Fsp3) is 0.579. The van der Waals surface area contributed by atoms with E-state index >= 15 is 0 Å². The van der Waals surface area contributed by atoms with Crippen LogP contribution in [0.3, 0.4) is 0 Å². The van der Waals surface area contributed by atoms with Crippen molar-refractivity contribution < 1.29 is 9.53 Å². The first kappa shape index (κ1) is 16.8. The van der Waals surface area contributed by atoms with Gasteiger partial charge in [-0.1, -0.05) is 6.42 Å². The number of hydrogen-bond donors (Lipinski definition) is 0. The number of nitrogens with zero attached hydrogens (tertiary/aromatic N) is 3. The Bertz CT molecular complexity index is 687. The van der Waals surface area contributed by atoms with E-state index in [0.717, 1.165) is 30.7 Å². The van der Waals surface area contributed by atoms with Crippen molar-refractivity contribution in [2.75, 3.05) is 19.7 Å². The molecule has 1 fully saturated rings. The molecule has 5 nitrogen and oxygen atoms in total. The lowest BCUT2D eigenvalue weighted by Gasteiger charge is -2.23.